The summed E-state index contributed by atoms with van der Waals surface area (Å²) in [6.45, 7) is 1.88. The second-order valence-corrected chi connectivity index (χ2v) is 6.70. The fourth-order valence-corrected chi connectivity index (χ4v) is 4.01. The van der Waals surface area contributed by atoms with Crippen molar-refractivity contribution in [3.8, 4) is 5.75 Å². The standard InChI is InChI=1S/C20H19NO4/c1-11-9-13-12(10-17(11)25-2)7-8-15(18(13)22)20(24)14-5-3-4-6-16(14)21-19(20)23/h3-6,9-10,15,24H,7-8H2,1-2H3,(H,21,23)/t15-,20+/m0/s1. The Labute approximate surface area is 145 Å². The number of aliphatic hydroxyl groups is 1. The summed E-state index contributed by atoms with van der Waals surface area (Å²) in [5.41, 5.74) is 1.56. The van der Waals surface area contributed by atoms with Gasteiger partial charge in [-0.2, -0.15) is 0 Å². The van der Waals surface area contributed by atoms with Crippen LogP contribution in [-0.4, -0.2) is 23.9 Å². The van der Waals surface area contributed by atoms with Gasteiger partial charge in [0.25, 0.3) is 5.91 Å². The minimum absolute atomic E-state index is 0.193. The van der Waals surface area contributed by atoms with Gasteiger partial charge < -0.3 is 15.2 Å². The summed E-state index contributed by atoms with van der Waals surface area (Å²) in [4.78, 5) is 25.7. The molecule has 0 saturated heterocycles. The maximum atomic E-state index is 13.1. The Morgan fingerprint density at radius 3 is 2.76 bits per heavy atom. The topological polar surface area (TPSA) is 75.6 Å². The van der Waals surface area contributed by atoms with Crippen LogP contribution < -0.4 is 10.1 Å². The van der Waals surface area contributed by atoms with Crippen LogP contribution in [0.3, 0.4) is 0 Å². The maximum Gasteiger partial charge on any atom is 0.261 e. The van der Waals surface area contributed by atoms with Crippen molar-refractivity contribution >= 4 is 17.4 Å². The summed E-state index contributed by atoms with van der Waals surface area (Å²) in [7, 11) is 1.60. The number of hydrogen-bond acceptors (Lipinski definition) is 4. The van der Waals surface area contributed by atoms with Crippen molar-refractivity contribution < 1.29 is 19.4 Å². The number of nitrogens with one attached hydrogen (secondary N) is 1. The third-order valence-corrected chi connectivity index (χ3v) is 5.34. The molecule has 1 amide bonds. The Kier molecular flexibility index (Phi) is 3.44. The average molecular weight is 337 g/mol. The van der Waals surface area contributed by atoms with Gasteiger partial charge in [0.2, 0.25) is 0 Å². The molecule has 5 heteroatoms. The molecule has 0 saturated carbocycles. The number of hydrogen-bond donors (Lipinski definition) is 2. The van der Waals surface area contributed by atoms with Crippen molar-refractivity contribution in [2.75, 3.05) is 12.4 Å². The van der Waals surface area contributed by atoms with Crippen LogP contribution in [0.5, 0.6) is 5.75 Å². The lowest BCUT2D eigenvalue weighted by molar-refractivity contribution is -0.138. The molecule has 0 fully saturated rings. The molecule has 2 aliphatic rings. The number of anilines is 1. The number of carbonyl (C=O) groups excluding carboxylic acids is 2. The molecular weight excluding hydrogens is 318 g/mol. The van der Waals surface area contributed by atoms with Crippen LogP contribution in [-0.2, 0) is 16.8 Å². The van der Waals surface area contributed by atoms with E-state index in [-0.39, 0.29) is 5.78 Å². The van der Waals surface area contributed by atoms with E-state index in [2.05, 4.69) is 5.32 Å². The number of carbonyl (C=O) groups is 2. The van der Waals surface area contributed by atoms with Gasteiger partial charge in [-0.3, -0.25) is 9.59 Å². The molecule has 2 atom stereocenters. The summed E-state index contributed by atoms with van der Waals surface area (Å²) in [5.74, 6) is -0.772. The number of aryl methyl sites for hydroxylation is 2. The largest absolute Gasteiger partial charge is 0.496 e. The van der Waals surface area contributed by atoms with Gasteiger partial charge in [0.05, 0.1) is 13.0 Å². The highest BCUT2D eigenvalue weighted by Gasteiger charge is 2.54. The Morgan fingerprint density at radius 2 is 2.00 bits per heavy atom. The lowest BCUT2D eigenvalue weighted by Gasteiger charge is -2.33. The van der Waals surface area contributed by atoms with Crippen molar-refractivity contribution in [3.63, 3.8) is 0 Å². The average Bonchev–Trinajstić information content (AvgIpc) is 2.87. The first-order chi connectivity index (χ1) is 12.0. The number of benzene rings is 2. The van der Waals surface area contributed by atoms with E-state index in [0.29, 0.717) is 29.7 Å². The summed E-state index contributed by atoms with van der Waals surface area (Å²) >= 11 is 0. The molecule has 25 heavy (non-hydrogen) atoms. The van der Waals surface area contributed by atoms with E-state index in [1.54, 1.807) is 37.4 Å². The Bertz CT molecular complexity index is 905. The Hall–Kier alpha value is -2.66. The monoisotopic (exact) mass is 337 g/mol. The number of fused-ring (bicyclic) bond motifs is 2. The number of rotatable bonds is 2. The van der Waals surface area contributed by atoms with E-state index in [1.807, 2.05) is 13.0 Å². The Balaban J connectivity index is 1.80. The minimum atomic E-state index is -1.82. The molecule has 4 rings (SSSR count). The van der Waals surface area contributed by atoms with Crippen LogP contribution >= 0.6 is 0 Å². The lowest BCUT2D eigenvalue weighted by atomic mass is 9.71. The third-order valence-electron chi connectivity index (χ3n) is 5.34. The van der Waals surface area contributed by atoms with Gasteiger partial charge in [-0.1, -0.05) is 18.2 Å². The molecule has 2 N–H and O–H groups in total. The molecule has 0 spiro atoms. The van der Waals surface area contributed by atoms with E-state index in [1.165, 1.54) is 0 Å². The predicted molar refractivity (Wildman–Crippen MR) is 92.8 cm³/mol. The quantitative estimate of drug-likeness (QED) is 0.883. The van der Waals surface area contributed by atoms with Gasteiger partial charge in [0, 0.05) is 16.8 Å². The van der Waals surface area contributed by atoms with Crippen molar-refractivity contribution in [1.29, 1.82) is 0 Å². The summed E-state index contributed by atoms with van der Waals surface area (Å²) in [5, 5.41) is 13.9. The van der Waals surface area contributed by atoms with Crippen LogP contribution in [0.2, 0.25) is 0 Å². The molecular formula is C20H19NO4. The summed E-state index contributed by atoms with van der Waals surface area (Å²) in [6, 6.07) is 10.7. The normalized spacial score (nSPS) is 24.5. The molecule has 2 aromatic carbocycles. The third kappa shape index (κ3) is 2.12. The van der Waals surface area contributed by atoms with E-state index in [9.17, 15) is 14.7 Å². The first kappa shape index (κ1) is 15.8. The molecule has 2 aromatic rings. The second kappa shape index (κ2) is 5.43. The van der Waals surface area contributed by atoms with Crippen LogP contribution in [0.25, 0.3) is 0 Å². The predicted octanol–water partition coefficient (Wildman–Crippen LogP) is 2.59. The molecule has 128 valence electrons. The summed E-state index contributed by atoms with van der Waals surface area (Å²) < 4.78 is 5.33. The second-order valence-electron chi connectivity index (χ2n) is 6.70. The van der Waals surface area contributed by atoms with E-state index >= 15 is 0 Å². The number of para-hydroxylation sites is 1. The highest BCUT2D eigenvalue weighted by atomic mass is 16.5. The van der Waals surface area contributed by atoms with Crippen molar-refractivity contribution in [3.05, 3.63) is 58.7 Å². The number of Topliss-reactive ketones (excluding diaryl/α,β-unsaturated/α-hetero) is 1. The van der Waals surface area contributed by atoms with Gasteiger partial charge in [-0.25, -0.2) is 0 Å². The van der Waals surface area contributed by atoms with Crippen LogP contribution in [0.1, 0.15) is 33.5 Å². The van der Waals surface area contributed by atoms with Crippen molar-refractivity contribution in [1.82, 2.24) is 0 Å². The zero-order chi connectivity index (χ0) is 17.8. The maximum absolute atomic E-state index is 13.1. The number of amides is 1. The molecule has 0 bridgehead atoms. The number of methoxy groups -OCH3 is 1. The van der Waals surface area contributed by atoms with E-state index < -0.39 is 17.4 Å². The molecule has 0 aromatic heterocycles. The summed E-state index contributed by atoms with van der Waals surface area (Å²) in [6.07, 6.45) is 1.02. The van der Waals surface area contributed by atoms with Gasteiger partial charge in [0.1, 0.15) is 5.75 Å². The molecule has 1 heterocycles. The first-order valence-electron chi connectivity index (χ1n) is 8.32. The number of ketones is 1. The van der Waals surface area contributed by atoms with Crippen molar-refractivity contribution in [2.45, 2.75) is 25.4 Å². The molecule has 0 unspecified atom stereocenters. The van der Waals surface area contributed by atoms with Crippen molar-refractivity contribution in [2.24, 2.45) is 5.92 Å². The fourth-order valence-electron chi connectivity index (χ4n) is 4.01. The van der Waals surface area contributed by atoms with Gasteiger partial charge in [-0.15, -0.1) is 0 Å². The zero-order valence-corrected chi connectivity index (χ0v) is 14.1. The molecule has 1 aliphatic heterocycles. The molecule has 5 nitrogen and oxygen atoms in total. The van der Waals surface area contributed by atoms with E-state index in [4.69, 9.17) is 4.74 Å². The molecule has 0 radical (unpaired) electrons. The zero-order valence-electron chi connectivity index (χ0n) is 14.1. The van der Waals surface area contributed by atoms with Gasteiger partial charge in [0.15, 0.2) is 11.4 Å². The SMILES string of the molecule is COc1cc2c(cc1C)C(=O)[C@@H]([C@@]1(O)C(=O)Nc3ccccc31)CC2. The highest BCUT2D eigenvalue weighted by molar-refractivity contribution is 6.11. The van der Waals surface area contributed by atoms with Crippen LogP contribution in [0.4, 0.5) is 5.69 Å². The smallest absolute Gasteiger partial charge is 0.261 e. The van der Waals surface area contributed by atoms with Gasteiger partial charge >= 0.3 is 0 Å². The Morgan fingerprint density at radius 1 is 1.24 bits per heavy atom. The van der Waals surface area contributed by atoms with Crippen LogP contribution in [0, 0.1) is 12.8 Å². The van der Waals surface area contributed by atoms with Crippen LogP contribution in [0.15, 0.2) is 36.4 Å². The van der Waals surface area contributed by atoms with E-state index in [0.717, 1.165) is 16.9 Å². The molecule has 1 aliphatic carbocycles. The first-order valence-corrected chi connectivity index (χ1v) is 8.32. The lowest BCUT2D eigenvalue weighted by Crippen LogP contribution is -2.47. The van der Waals surface area contributed by atoms with Gasteiger partial charge in [-0.05, 0) is 49.1 Å². The highest BCUT2D eigenvalue weighted by Crippen LogP contribution is 2.46. The minimum Gasteiger partial charge on any atom is -0.496 e. The fraction of sp³-hybridized carbons (Fsp3) is 0.300. The number of ether oxygens (including phenoxy) is 1.